The number of hydrogen-bond acceptors (Lipinski definition) is 6. The van der Waals surface area contributed by atoms with E-state index < -0.39 is 0 Å². The molecule has 0 aromatic carbocycles. The van der Waals surface area contributed by atoms with Gasteiger partial charge in [-0.2, -0.15) is 4.39 Å². The molecule has 5 nitrogen and oxygen atoms in total. The Bertz CT molecular complexity index is 792. The van der Waals surface area contributed by atoms with Crippen LogP contribution in [0.1, 0.15) is 36.9 Å². The van der Waals surface area contributed by atoms with Gasteiger partial charge in [-0.15, -0.1) is 11.3 Å². The van der Waals surface area contributed by atoms with Crippen LogP contribution in [0.15, 0.2) is 18.2 Å². The molecule has 0 aliphatic heterocycles. The number of carbonyl (C=O) groups is 1. The van der Waals surface area contributed by atoms with Gasteiger partial charge in [0.15, 0.2) is 5.13 Å². The Morgan fingerprint density at radius 1 is 1.42 bits per heavy atom. The van der Waals surface area contributed by atoms with E-state index in [4.69, 9.17) is 9.47 Å². The minimum absolute atomic E-state index is 0.0496. The quantitative estimate of drug-likeness (QED) is 0.799. The normalized spacial score (nSPS) is 20.0. The van der Waals surface area contributed by atoms with Crippen LogP contribution in [-0.2, 0) is 16.1 Å². The first-order chi connectivity index (χ1) is 12.5. The number of aliphatic hydroxyl groups is 1. The molecular formula is C19H22FNO4S. The van der Waals surface area contributed by atoms with E-state index in [1.807, 2.05) is 13.0 Å². The van der Waals surface area contributed by atoms with Gasteiger partial charge >= 0.3 is 5.97 Å². The number of esters is 1. The van der Waals surface area contributed by atoms with E-state index >= 15 is 0 Å². The molecule has 1 fully saturated rings. The molecule has 26 heavy (non-hydrogen) atoms. The van der Waals surface area contributed by atoms with Gasteiger partial charge in [0, 0.05) is 5.56 Å². The van der Waals surface area contributed by atoms with Crippen LogP contribution in [0.2, 0.25) is 0 Å². The molecule has 2 heterocycles. The summed E-state index contributed by atoms with van der Waals surface area (Å²) in [4.78, 5) is 16.9. The van der Waals surface area contributed by atoms with Crippen LogP contribution in [0.25, 0.3) is 10.6 Å². The molecule has 1 N–H and O–H groups in total. The standard InChI is InChI=1S/C19H22FNO4S/c1-11-16(25-14-5-3-4-12(8-14)19(23)24-2)7-6-15(21-11)18-13(10-22)9-17(20)26-18/h6-7,9,12,14,22H,3-5,8,10H2,1-2H3/t12?,14-/m0/s1. The van der Waals surface area contributed by atoms with E-state index in [-0.39, 0.29) is 29.7 Å². The van der Waals surface area contributed by atoms with Crippen molar-refractivity contribution in [3.8, 4) is 16.3 Å². The Balaban J connectivity index is 1.75. The zero-order valence-electron chi connectivity index (χ0n) is 14.8. The van der Waals surface area contributed by atoms with Crippen LogP contribution < -0.4 is 4.74 Å². The molecule has 0 amide bonds. The molecule has 0 radical (unpaired) electrons. The molecule has 1 aliphatic carbocycles. The van der Waals surface area contributed by atoms with Crippen LogP contribution in [-0.4, -0.2) is 29.3 Å². The molecule has 0 saturated heterocycles. The van der Waals surface area contributed by atoms with Crippen LogP contribution >= 0.6 is 11.3 Å². The van der Waals surface area contributed by atoms with Gasteiger partial charge in [0.2, 0.25) is 0 Å². The molecule has 1 saturated carbocycles. The highest BCUT2D eigenvalue weighted by Gasteiger charge is 2.29. The van der Waals surface area contributed by atoms with E-state index in [2.05, 4.69) is 4.98 Å². The maximum absolute atomic E-state index is 13.5. The van der Waals surface area contributed by atoms with Crippen LogP contribution in [0.5, 0.6) is 5.75 Å². The number of pyridine rings is 1. The Morgan fingerprint density at radius 2 is 2.23 bits per heavy atom. The van der Waals surface area contributed by atoms with Crippen molar-refractivity contribution in [2.24, 2.45) is 5.92 Å². The summed E-state index contributed by atoms with van der Waals surface area (Å²) < 4.78 is 24.4. The number of aliphatic hydroxyl groups excluding tert-OH is 1. The number of rotatable bonds is 5. The molecule has 1 aliphatic rings. The van der Waals surface area contributed by atoms with E-state index in [1.165, 1.54) is 13.2 Å². The number of nitrogens with zero attached hydrogens (tertiary/aromatic N) is 1. The second-order valence-corrected chi connectivity index (χ2v) is 7.47. The van der Waals surface area contributed by atoms with Gasteiger partial charge in [-0.25, -0.2) is 4.98 Å². The predicted octanol–water partition coefficient (Wildman–Crippen LogP) is 3.86. The number of carbonyl (C=O) groups excluding carboxylic acids is 1. The van der Waals surface area contributed by atoms with Gasteiger partial charge in [0.05, 0.1) is 42.0 Å². The number of aryl methyl sites for hydroxylation is 1. The maximum atomic E-state index is 13.5. The van der Waals surface area contributed by atoms with Gasteiger partial charge in [-0.1, -0.05) is 0 Å². The highest BCUT2D eigenvalue weighted by molar-refractivity contribution is 7.14. The molecule has 0 spiro atoms. The summed E-state index contributed by atoms with van der Waals surface area (Å²) in [5, 5.41) is 9.03. The Labute approximate surface area is 155 Å². The highest BCUT2D eigenvalue weighted by atomic mass is 32.1. The highest BCUT2D eigenvalue weighted by Crippen LogP contribution is 2.34. The smallest absolute Gasteiger partial charge is 0.308 e. The van der Waals surface area contributed by atoms with Crippen molar-refractivity contribution in [2.75, 3.05) is 7.11 Å². The number of hydrogen-bond donors (Lipinski definition) is 1. The molecule has 2 aromatic rings. The third kappa shape index (κ3) is 4.04. The Kier molecular flexibility index (Phi) is 5.88. The van der Waals surface area contributed by atoms with E-state index in [0.717, 1.165) is 30.6 Å². The molecule has 2 atom stereocenters. The maximum Gasteiger partial charge on any atom is 0.308 e. The fourth-order valence-corrected chi connectivity index (χ4v) is 4.21. The largest absolute Gasteiger partial charge is 0.489 e. The fraction of sp³-hybridized carbons (Fsp3) is 0.474. The van der Waals surface area contributed by atoms with E-state index in [1.54, 1.807) is 6.07 Å². The van der Waals surface area contributed by atoms with Gasteiger partial charge in [0.1, 0.15) is 5.75 Å². The SMILES string of the molecule is COC(=O)C1CCC[C@H](Oc2ccc(-c3sc(F)cc3CO)nc2C)C1. The molecule has 7 heteroatoms. The van der Waals surface area contributed by atoms with Crippen molar-refractivity contribution in [3.63, 3.8) is 0 Å². The molecule has 2 aromatic heterocycles. The monoisotopic (exact) mass is 379 g/mol. The number of halogens is 1. The molecule has 0 bridgehead atoms. The third-order valence-electron chi connectivity index (χ3n) is 4.67. The third-order valence-corrected chi connectivity index (χ3v) is 5.66. The lowest BCUT2D eigenvalue weighted by Crippen LogP contribution is -2.30. The summed E-state index contributed by atoms with van der Waals surface area (Å²) in [7, 11) is 1.41. The number of thiophene rings is 1. The summed E-state index contributed by atoms with van der Waals surface area (Å²) in [6.07, 6.45) is 3.23. The van der Waals surface area contributed by atoms with Gasteiger partial charge < -0.3 is 14.6 Å². The van der Waals surface area contributed by atoms with Crippen LogP contribution in [0.4, 0.5) is 4.39 Å². The lowest BCUT2D eigenvalue weighted by Gasteiger charge is -2.28. The lowest BCUT2D eigenvalue weighted by atomic mass is 9.87. The minimum Gasteiger partial charge on any atom is -0.489 e. The first-order valence-electron chi connectivity index (χ1n) is 8.63. The van der Waals surface area contributed by atoms with Crippen molar-refractivity contribution in [2.45, 2.75) is 45.3 Å². The van der Waals surface area contributed by atoms with Crippen molar-refractivity contribution >= 4 is 17.3 Å². The molecule has 1 unspecified atom stereocenters. The zero-order valence-corrected chi connectivity index (χ0v) is 15.6. The van der Waals surface area contributed by atoms with E-state index in [9.17, 15) is 14.3 Å². The Morgan fingerprint density at radius 3 is 2.92 bits per heavy atom. The number of methoxy groups -OCH3 is 1. The summed E-state index contributed by atoms with van der Waals surface area (Å²) in [6, 6.07) is 4.92. The lowest BCUT2D eigenvalue weighted by molar-refractivity contribution is -0.147. The van der Waals surface area contributed by atoms with Crippen molar-refractivity contribution in [1.82, 2.24) is 4.98 Å². The first-order valence-corrected chi connectivity index (χ1v) is 9.45. The van der Waals surface area contributed by atoms with Gasteiger partial charge in [-0.3, -0.25) is 4.79 Å². The zero-order chi connectivity index (χ0) is 18.7. The Hall–Kier alpha value is -1.99. The minimum atomic E-state index is -0.347. The first kappa shape index (κ1) is 18.8. The van der Waals surface area contributed by atoms with Crippen molar-refractivity contribution < 1.29 is 23.8 Å². The van der Waals surface area contributed by atoms with Gasteiger partial charge in [0.25, 0.3) is 0 Å². The molecule has 3 rings (SSSR count). The average molecular weight is 379 g/mol. The topological polar surface area (TPSA) is 68.7 Å². The van der Waals surface area contributed by atoms with Crippen LogP contribution in [0, 0.1) is 18.0 Å². The number of ether oxygens (including phenoxy) is 2. The average Bonchev–Trinajstić information content (AvgIpc) is 3.04. The molecule has 140 valence electrons. The predicted molar refractivity (Wildman–Crippen MR) is 96.6 cm³/mol. The van der Waals surface area contributed by atoms with Crippen LogP contribution in [0.3, 0.4) is 0 Å². The summed E-state index contributed by atoms with van der Waals surface area (Å²) in [5.74, 6) is 0.360. The summed E-state index contributed by atoms with van der Waals surface area (Å²) in [6.45, 7) is 1.60. The number of aromatic nitrogens is 1. The van der Waals surface area contributed by atoms with Crippen molar-refractivity contribution in [3.05, 3.63) is 34.6 Å². The second-order valence-electron chi connectivity index (χ2n) is 6.47. The fourth-order valence-electron chi connectivity index (χ4n) is 3.34. The second kappa shape index (κ2) is 8.14. The van der Waals surface area contributed by atoms with Crippen molar-refractivity contribution in [1.29, 1.82) is 0 Å². The molecular weight excluding hydrogens is 357 g/mol. The summed E-state index contributed by atoms with van der Waals surface area (Å²) in [5.41, 5.74) is 1.84. The van der Waals surface area contributed by atoms with Gasteiger partial charge in [-0.05, 0) is 50.8 Å². The summed E-state index contributed by atoms with van der Waals surface area (Å²) >= 11 is 0.967. The van der Waals surface area contributed by atoms with E-state index in [0.29, 0.717) is 34.0 Å².